The Morgan fingerprint density at radius 2 is 2.00 bits per heavy atom. The van der Waals surface area contributed by atoms with Crippen LogP contribution in [0.3, 0.4) is 0 Å². The molecule has 1 aliphatic rings. The van der Waals surface area contributed by atoms with Crippen LogP contribution < -0.4 is 5.32 Å². The fourth-order valence-corrected chi connectivity index (χ4v) is 2.73. The standard InChI is InChI=1S/C21H27N3/c1-6-8-19-17(5)16(4)18(12-20(19)23-10-7-2)13-24-21-14-22-11-9-15(21)3/h7-12,14,24H,6,13H2,1-5H3/b10-7-,19-8+,23-20+. The second-order valence-corrected chi connectivity index (χ2v) is 5.99. The van der Waals surface area contributed by atoms with Crippen molar-refractivity contribution in [2.24, 2.45) is 4.99 Å². The Balaban J connectivity index is 2.31. The van der Waals surface area contributed by atoms with E-state index in [-0.39, 0.29) is 0 Å². The molecule has 1 aromatic rings. The van der Waals surface area contributed by atoms with Gasteiger partial charge in [-0.25, -0.2) is 0 Å². The van der Waals surface area contributed by atoms with Gasteiger partial charge in [-0.15, -0.1) is 0 Å². The van der Waals surface area contributed by atoms with Crippen molar-refractivity contribution in [1.29, 1.82) is 0 Å². The molecule has 0 atom stereocenters. The van der Waals surface area contributed by atoms with Gasteiger partial charge in [-0.2, -0.15) is 0 Å². The van der Waals surface area contributed by atoms with Gasteiger partial charge in [0.25, 0.3) is 0 Å². The first-order valence-corrected chi connectivity index (χ1v) is 8.51. The number of aliphatic imine (C=N–C) groups is 1. The molecule has 0 saturated carbocycles. The van der Waals surface area contributed by atoms with Gasteiger partial charge in [0.1, 0.15) is 0 Å². The molecule has 1 aromatic heterocycles. The van der Waals surface area contributed by atoms with Crippen LogP contribution in [0.15, 0.2) is 70.2 Å². The molecule has 0 unspecified atom stereocenters. The Bertz CT molecular complexity index is 746. The van der Waals surface area contributed by atoms with E-state index < -0.39 is 0 Å². The van der Waals surface area contributed by atoms with Crippen molar-refractivity contribution in [1.82, 2.24) is 4.98 Å². The SMILES string of the molecule is C\C=C/N=C1\C=C(CNc2cnccc2C)C(C)=C(C)\C1=C/CC. The summed E-state index contributed by atoms with van der Waals surface area (Å²) in [5.74, 6) is 0. The monoisotopic (exact) mass is 321 g/mol. The zero-order valence-corrected chi connectivity index (χ0v) is 15.4. The number of rotatable bonds is 5. The summed E-state index contributed by atoms with van der Waals surface area (Å²) in [7, 11) is 0. The van der Waals surface area contributed by atoms with Crippen molar-refractivity contribution >= 4 is 11.4 Å². The van der Waals surface area contributed by atoms with E-state index >= 15 is 0 Å². The average Bonchev–Trinajstić information content (AvgIpc) is 2.58. The summed E-state index contributed by atoms with van der Waals surface area (Å²) in [6.07, 6.45) is 13.0. The molecule has 0 spiro atoms. The van der Waals surface area contributed by atoms with Crippen LogP contribution in [0.5, 0.6) is 0 Å². The normalized spacial score (nSPS) is 18.6. The van der Waals surface area contributed by atoms with E-state index in [4.69, 9.17) is 0 Å². The zero-order chi connectivity index (χ0) is 17.5. The third-order valence-electron chi connectivity index (χ3n) is 4.31. The number of nitrogens with zero attached hydrogens (tertiary/aromatic N) is 2. The van der Waals surface area contributed by atoms with E-state index in [1.807, 2.05) is 37.7 Å². The molecule has 1 aliphatic carbocycles. The summed E-state index contributed by atoms with van der Waals surface area (Å²) in [4.78, 5) is 8.83. The highest BCUT2D eigenvalue weighted by molar-refractivity contribution is 6.14. The van der Waals surface area contributed by atoms with Gasteiger partial charge < -0.3 is 5.32 Å². The molecule has 0 fully saturated rings. The van der Waals surface area contributed by atoms with E-state index in [0.29, 0.717) is 0 Å². The molecule has 2 rings (SSSR count). The van der Waals surface area contributed by atoms with Gasteiger partial charge >= 0.3 is 0 Å². The summed E-state index contributed by atoms with van der Waals surface area (Å²) >= 11 is 0. The Kier molecular flexibility index (Phi) is 6.30. The zero-order valence-electron chi connectivity index (χ0n) is 15.4. The van der Waals surface area contributed by atoms with Crippen LogP contribution in [0, 0.1) is 6.92 Å². The summed E-state index contributed by atoms with van der Waals surface area (Å²) in [5, 5.41) is 3.50. The van der Waals surface area contributed by atoms with E-state index in [1.165, 1.54) is 27.9 Å². The topological polar surface area (TPSA) is 37.3 Å². The van der Waals surface area contributed by atoms with Crippen molar-refractivity contribution in [2.75, 3.05) is 11.9 Å². The van der Waals surface area contributed by atoms with Gasteiger partial charge in [0.05, 0.1) is 17.6 Å². The van der Waals surface area contributed by atoms with Gasteiger partial charge in [-0.05, 0) is 74.1 Å². The number of nitrogens with one attached hydrogen (secondary N) is 1. The highest BCUT2D eigenvalue weighted by Crippen LogP contribution is 2.29. The number of hydrogen-bond acceptors (Lipinski definition) is 3. The molecule has 0 bridgehead atoms. The van der Waals surface area contributed by atoms with E-state index in [9.17, 15) is 0 Å². The molecule has 0 saturated heterocycles. The van der Waals surface area contributed by atoms with E-state index in [0.717, 1.165) is 24.4 Å². The number of allylic oxidation sites excluding steroid dienone is 5. The summed E-state index contributed by atoms with van der Waals surface area (Å²) in [6.45, 7) is 11.4. The lowest BCUT2D eigenvalue weighted by Gasteiger charge is -2.22. The third-order valence-corrected chi connectivity index (χ3v) is 4.31. The van der Waals surface area contributed by atoms with Crippen molar-refractivity contribution in [3.63, 3.8) is 0 Å². The highest BCUT2D eigenvalue weighted by atomic mass is 14.9. The second kappa shape index (κ2) is 8.44. The minimum absolute atomic E-state index is 0.768. The largest absolute Gasteiger partial charge is 0.379 e. The van der Waals surface area contributed by atoms with Crippen LogP contribution in [0.25, 0.3) is 0 Å². The molecule has 1 N–H and O–H groups in total. The minimum atomic E-state index is 0.768. The molecule has 1 heterocycles. The Hall–Kier alpha value is -2.42. The maximum atomic E-state index is 4.63. The molecule has 3 nitrogen and oxygen atoms in total. The summed E-state index contributed by atoms with van der Waals surface area (Å²) < 4.78 is 0. The second-order valence-electron chi connectivity index (χ2n) is 5.99. The molecule has 0 aromatic carbocycles. The first-order chi connectivity index (χ1) is 11.6. The molecule has 3 heteroatoms. The number of anilines is 1. The van der Waals surface area contributed by atoms with Crippen LogP contribution in [-0.4, -0.2) is 17.2 Å². The number of pyridine rings is 1. The van der Waals surface area contributed by atoms with Gasteiger partial charge in [0, 0.05) is 18.9 Å². The summed E-state index contributed by atoms with van der Waals surface area (Å²) in [5.41, 5.74) is 8.46. The van der Waals surface area contributed by atoms with Crippen LogP contribution in [-0.2, 0) is 0 Å². The van der Waals surface area contributed by atoms with Crippen LogP contribution in [0.1, 0.15) is 39.7 Å². The molecule has 0 aliphatic heterocycles. The highest BCUT2D eigenvalue weighted by Gasteiger charge is 2.18. The predicted molar refractivity (Wildman–Crippen MR) is 105 cm³/mol. The lowest BCUT2D eigenvalue weighted by molar-refractivity contribution is 1.13. The van der Waals surface area contributed by atoms with Gasteiger partial charge in [0.2, 0.25) is 0 Å². The van der Waals surface area contributed by atoms with Crippen LogP contribution >= 0.6 is 0 Å². The van der Waals surface area contributed by atoms with Crippen molar-refractivity contribution in [3.8, 4) is 0 Å². The van der Waals surface area contributed by atoms with Crippen molar-refractivity contribution in [2.45, 2.75) is 41.0 Å². The predicted octanol–water partition coefficient (Wildman–Crippen LogP) is 5.39. The maximum absolute atomic E-state index is 4.63. The fourth-order valence-electron chi connectivity index (χ4n) is 2.73. The van der Waals surface area contributed by atoms with E-state index in [1.54, 1.807) is 0 Å². The number of aryl methyl sites for hydroxylation is 1. The first kappa shape index (κ1) is 17.9. The molecule has 0 radical (unpaired) electrons. The number of hydrogen-bond donors (Lipinski definition) is 1. The molecular formula is C21H27N3. The Labute approximate surface area is 145 Å². The van der Waals surface area contributed by atoms with Gasteiger partial charge in [-0.3, -0.25) is 9.98 Å². The molecule has 24 heavy (non-hydrogen) atoms. The lowest BCUT2D eigenvalue weighted by Crippen LogP contribution is -2.16. The Morgan fingerprint density at radius 3 is 2.67 bits per heavy atom. The Morgan fingerprint density at radius 1 is 1.21 bits per heavy atom. The smallest absolute Gasteiger partial charge is 0.0704 e. The van der Waals surface area contributed by atoms with Crippen LogP contribution in [0.4, 0.5) is 5.69 Å². The first-order valence-electron chi connectivity index (χ1n) is 8.51. The van der Waals surface area contributed by atoms with Crippen molar-refractivity contribution < 1.29 is 0 Å². The molecule has 0 amide bonds. The molecular weight excluding hydrogens is 294 g/mol. The average molecular weight is 321 g/mol. The summed E-state index contributed by atoms with van der Waals surface area (Å²) in [6, 6.07) is 2.02. The third kappa shape index (κ3) is 4.10. The maximum Gasteiger partial charge on any atom is 0.0704 e. The fraction of sp³-hybridized carbons (Fsp3) is 0.333. The minimum Gasteiger partial charge on any atom is -0.379 e. The van der Waals surface area contributed by atoms with Gasteiger partial charge in [-0.1, -0.05) is 19.1 Å². The lowest BCUT2D eigenvalue weighted by atomic mass is 9.86. The van der Waals surface area contributed by atoms with E-state index in [2.05, 4.69) is 55.1 Å². The quantitative estimate of drug-likeness (QED) is 0.789. The van der Waals surface area contributed by atoms with Crippen LogP contribution in [0.2, 0.25) is 0 Å². The number of aromatic nitrogens is 1. The van der Waals surface area contributed by atoms with Crippen molar-refractivity contribution in [3.05, 3.63) is 70.7 Å². The van der Waals surface area contributed by atoms with Gasteiger partial charge in [0.15, 0.2) is 0 Å². The molecule has 126 valence electrons.